The molecule has 0 bridgehead atoms. The number of carbonyl (C=O) groups excluding carboxylic acids is 1. The Morgan fingerprint density at radius 2 is 2.35 bits per heavy atom. The highest BCUT2D eigenvalue weighted by Gasteiger charge is 2.28. The first-order valence-corrected chi connectivity index (χ1v) is 7.91. The van der Waals surface area contributed by atoms with Gasteiger partial charge in [-0.3, -0.25) is 4.79 Å². The Bertz CT molecular complexity index is 697. The van der Waals surface area contributed by atoms with Crippen LogP contribution in [0.5, 0.6) is 0 Å². The normalized spacial score (nSPS) is 18.4. The second-order valence-electron chi connectivity index (χ2n) is 5.67. The second kappa shape index (κ2) is 6.72. The molecule has 0 aromatic carbocycles. The Morgan fingerprint density at radius 3 is 3.00 bits per heavy atom. The van der Waals surface area contributed by atoms with Gasteiger partial charge in [-0.25, -0.2) is 4.98 Å². The van der Waals surface area contributed by atoms with E-state index in [1.54, 1.807) is 6.07 Å². The van der Waals surface area contributed by atoms with Gasteiger partial charge in [-0.15, -0.1) is 0 Å². The lowest BCUT2D eigenvalue weighted by Crippen LogP contribution is -2.42. The van der Waals surface area contributed by atoms with Crippen LogP contribution in [0.1, 0.15) is 29.8 Å². The lowest BCUT2D eigenvalue weighted by molar-refractivity contribution is -0.139. The third kappa shape index (κ3) is 3.73. The van der Waals surface area contributed by atoms with Crippen LogP contribution in [0.2, 0.25) is 5.15 Å². The van der Waals surface area contributed by atoms with Crippen molar-refractivity contribution in [1.29, 1.82) is 0 Å². The predicted molar refractivity (Wildman–Crippen MR) is 83.1 cm³/mol. The fraction of sp³-hybridized carbons (Fsp3) is 0.533. The van der Waals surface area contributed by atoms with Gasteiger partial charge in [-0.05, 0) is 6.92 Å². The highest BCUT2D eigenvalue weighted by atomic mass is 35.5. The summed E-state index contributed by atoms with van der Waals surface area (Å²) < 4.78 is 12.8. The first-order valence-electron chi connectivity index (χ1n) is 7.53. The van der Waals surface area contributed by atoms with E-state index in [9.17, 15) is 4.79 Å². The zero-order valence-electron chi connectivity index (χ0n) is 13.2. The maximum absolute atomic E-state index is 12.4. The Balaban J connectivity index is 1.59. The third-order valence-corrected chi connectivity index (χ3v) is 4.03. The minimum Gasteiger partial charge on any atom is -0.367 e. The maximum atomic E-state index is 12.4. The number of hydrogen-bond acceptors (Lipinski definition) is 5. The molecule has 0 aliphatic carbocycles. The highest BCUT2D eigenvalue weighted by molar-refractivity contribution is 6.29. The van der Waals surface area contributed by atoms with E-state index in [1.807, 2.05) is 29.6 Å². The van der Waals surface area contributed by atoms with Crippen LogP contribution in [-0.2, 0) is 23.0 Å². The number of rotatable bonds is 4. The van der Waals surface area contributed by atoms with Gasteiger partial charge in [0, 0.05) is 38.7 Å². The maximum Gasteiger partial charge on any atom is 0.223 e. The van der Waals surface area contributed by atoms with Gasteiger partial charge in [0.05, 0.1) is 18.8 Å². The van der Waals surface area contributed by atoms with Crippen LogP contribution in [0.25, 0.3) is 0 Å². The number of aromatic nitrogens is 3. The zero-order valence-corrected chi connectivity index (χ0v) is 13.9. The molecule has 2 aromatic heterocycles. The average molecular weight is 339 g/mol. The number of ether oxygens (including phenoxy) is 1. The lowest BCUT2D eigenvalue weighted by atomic mass is 10.2. The standard InChI is InChI=1S/C15H19ClN4O3/c1-10-8-19(2)15(17-10)12-9-20(5-6-22-12)14(21)4-3-11-7-13(16)18-23-11/h7-8,12H,3-6,9H2,1-2H3. The molecular formula is C15H19ClN4O3. The molecule has 1 saturated heterocycles. The van der Waals surface area contributed by atoms with E-state index in [-0.39, 0.29) is 12.0 Å². The van der Waals surface area contributed by atoms with E-state index in [0.29, 0.717) is 43.5 Å². The molecule has 0 radical (unpaired) electrons. The van der Waals surface area contributed by atoms with Crippen molar-refractivity contribution in [2.45, 2.75) is 25.9 Å². The SMILES string of the molecule is Cc1cn(C)c(C2CN(C(=O)CCc3cc(Cl)no3)CCO2)n1. The van der Waals surface area contributed by atoms with E-state index in [0.717, 1.165) is 11.5 Å². The van der Waals surface area contributed by atoms with Crippen LogP contribution >= 0.6 is 11.6 Å². The minimum absolute atomic E-state index is 0.0664. The van der Waals surface area contributed by atoms with Gasteiger partial charge >= 0.3 is 0 Å². The van der Waals surface area contributed by atoms with Crippen molar-refractivity contribution in [3.8, 4) is 0 Å². The van der Waals surface area contributed by atoms with Crippen molar-refractivity contribution in [3.63, 3.8) is 0 Å². The quantitative estimate of drug-likeness (QED) is 0.851. The first-order chi connectivity index (χ1) is 11.0. The van der Waals surface area contributed by atoms with Gasteiger partial charge in [0.15, 0.2) is 5.15 Å². The molecule has 0 N–H and O–H groups in total. The van der Waals surface area contributed by atoms with Gasteiger partial charge < -0.3 is 18.7 Å². The summed E-state index contributed by atoms with van der Waals surface area (Å²) in [4.78, 5) is 18.7. The molecule has 3 heterocycles. The van der Waals surface area contributed by atoms with Gasteiger partial charge in [-0.2, -0.15) is 0 Å². The fourth-order valence-corrected chi connectivity index (χ4v) is 2.92. The van der Waals surface area contributed by atoms with Crippen molar-refractivity contribution in [2.75, 3.05) is 19.7 Å². The van der Waals surface area contributed by atoms with E-state index in [1.165, 1.54) is 0 Å². The molecule has 1 unspecified atom stereocenters. The largest absolute Gasteiger partial charge is 0.367 e. The molecule has 3 rings (SSSR count). The van der Waals surface area contributed by atoms with E-state index < -0.39 is 0 Å². The van der Waals surface area contributed by atoms with Crippen LogP contribution in [-0.4, -0.2) is 45.2 Å². The molecule has 8 heteroatoms. The van der Waals surface area contributed by atoms with E-state index in [4.69, 9.17) is 20.9 Å². The Labute approximate surface area is 139 Å². The van der Waals surface area contributed by atoms with Gasteiger partial charge in [-0.1, -0.05) is 16.8 Å². The van der Waals surface area contributed by atoms with Crippen LogP contribution in [0.15, 0.2) is 16.8 Å². The van der Waals surface area contributed by atoms with Crippen LogP contribution in [0, 0.1) is 6.92 Å². The Hall–Kier alpha value is -1.86. The van der Waals surface area contributed by atoms with Crippen molar-refractivity contribution in [2.24, 2.45) is 7.05 Å². The Kier molecular flexibility index (Phi) is 4.68. The first kappa shape index (κ1) is 16.0. The summed E-state index contributed by atoms with van der Waals surface area (Å²) >= 11 is 5.70. The number of hydrogen-bond donors (Lipinski definition) is 0. The topological polar surface area (TPSA) is 73.4 Å². The van der Waals surface area contributed by atoms with Crippen molar-refractivity contribution in [3.05, 3.63) is 34.7 Å². The summed E-state index contributed by atoms with van der Waals surface area (Å²) in [5, 5.41) is 3.91. The molecule has 1 aliphatic rings. The summed E-state index contributed by atoms with van der Waals surface area (Å²) in [6.07, 6.45) is 2.61. The molecule has 7 nitrogen and oxygen atoms in total. The predicted octanol–water partition coefficient (Wildman–Crippen LogP) is 1.90. The molecule has 2 aromatic rings. The van der Waals surface area contributed by atoms with Gasteiger partial charge in [0.2, 0.25) is 5.91 Å². The summed E-state index contributed by atoms with van der Waals surface area (Å²) in [6, 6.07) is 1.63. The number of carbonyl (C=O) groups is 1. The van der Waals surface area contributed by atoms with Gasteiger partial charge in [0.1, 0.15) is 17.7 Å². The summed E-state index contributed by atoms with van der Waals surface area (Å²) in [6.45, 7) is 3.56. The van der Waals surface area contributed by atoms with E-state index >= 15 is 0 Å². The number of imidazole rings is 1. The number of aryl methyl sites for hydroxylation is 3. The molecule has 124 valence electrons. The second-order valence-corrected chi connectivity index (χ2v) is 6.05. The number of halogens is 1. The van der Waals surface area contributed by atoms with Crippen LogP contribution < -0.4 is 0 Å². The molecule has 1 fully saturated rings. The molecule has 1 amide bonds. The van der Waals surface area contributed by atoms with E-state index in [2.05, 4.69) is 10.1 Å². The summed E-state index contributed by atoms with van der Waals surface area (Å²) in [5.41, 5.74) is 0.941. The molecule has 0 spiro atoms. The summed E-state index contributed by atoms with van der Waals surface area (Å²) in [5.74, 6) is 1.53. The highest BCUT2D eigenvalue weighted by Crippen LogP contribution is 2.22. The monoisotopic (exact) mass is 338 g/mol. The van der Waals surface area contributed by atoms with Crippen molar-refractivity contribution < 1.29 is 14.1 Å². The number of amides is 1. The smallest absolute Gasteiger partial charge is 0.223 e. The molecule has 0 saturated carbocycles. The fourth-order valence-electron chi connectivity index (χ4n) is 2.76. The third-order valence-electron chi connectivity index (χ3n) is 3.86. The van der Waals surface area contributed by atoms with Crippen molar-refractivity contribution in [1.82, 2.24) is 19.6 Å². The van der Waals surface area contributed by atoms with Crippen molar-refractivity contribution >= 4 is 17.5 Å². The summed E-state index contributed by atoms with van der Waals surface area (Å²) in [7, 11) is 1.94. The minimum atomic E-state index is -0.189. The van der Waals surface area contributed by atoms with Crippen LogP contribution in [0.3, 0.4) is 0 Å². The molecule has 23 heavy (non-hydrogen) atoms. The van der Waals surface area contributed by atoms with Gasteiger partial charge in [0.25, 0.3) is 0 Å². The molecule has 1 atom stereocenters. The number of nitrogens with zero attached hydrogens (tertiary/aromatic N) is 4. The molecule has 1 aliphatic heterocycles. The number of morpholine rings is 1. The lowest BCUT2D eigenvalue weighted by Gasteiger charge is -2.32. The average Bonchev–Trinajstić information content (AvgIpc) is 3.10. The zero-order chi connectivity index (χ0) is 16.4. The van der Waals surface area contributed by atoms with Crippen LogP contribution in [0.4, 0.5) is 0 Å². The molecular weight excluding hydrogens is 320 g/mol. The Morgan fingerprint density at radius 1 is 1.52 bits per heavy atom.